The van der Waals surface area contributed by atoms with Gasteiger partial charge in [0, 0.05) is 0 Å². The maximum atomic E-state index is 12.7. The van der Waals surface area contributed by atoms with Crippen LogP contribution in [0.2, 0.25) is 0 Å². The van der Waals surface area contributed by atoms with Crippen LogP contribution >= 0.6 is 0 Å². The van der Waals surface area contributed by atoms with Crippen LogP contribution in [-0.2, 0) is 19.1 Å². The van der Waals surface area contributed by atoms with Gasteiger partial charge in [-0.1, -0.05) is 30.3 Å². The minimum absolute atomic E-state index is 0.0503. The molecule has 0 radical (unpaired) electrons. The fourth-order valence-corrected chi connectivity index (χ4v) is 3.20. The van der Waals surface area contributed by atoms with Crippen molar-refractivity contribution in [3.05, 3.63) is 54.6 Å². The number of quaternary nitrogens is 1. The van der Waals surface area contributed by atoms with Crippen molar-refractivity contribution < 1.29 is 28.8 Å². The van der Waals surface area contributed by atoms with Crippen molar-refractivity contribution >= 4 is 23.5 Å². The van der Waals surface area contributed by atoms with E-state index < -0.39 is 12.0 Å². The average molecular weight is 398 g/mol. The molecule has 152 valence electrons. The van der Waals surface area contributed by atoms with Gasteiger partial charge in [0.1, 0.15) is 12.2 Å². The Kier molecular flexibility index (Phi) is 6.80. The zero-order chi connectivity index (χ0) is 20.6. The molecule has 1 fully saturated rings. The van der Waals surface area contributed by atoms with Gasteiger partial charge in [0.25, 0.3) is 11.8 Å². The van der Waals surface area contributed by atoms with Gasteiger partial charge in [-0.25, -0.2) is 0 Å². The molecule has 0 spiro atoms. The summed E-state index contributed by atoms with van der Waals surface area (Å²) in [4.78, 5) is 37.2. The molecule has 1 aliphatic heterocycles. The van der Waals surface area contributed by atoms with Crippen LogP contribution < -0.4 is 20.3 Å². The summed E-state index contributed by atoms with van der Waals surface area (Å²) in [7, 11) is 1.28. The molecule has 1 saturated heterocycles. The predicted molar refractivity (Wildman–Crippen MR) is 106 cm³/mol. The number of nitrogens with one attached hydrogen (secondary N) is 3. The summed E-state index contributed by atoms with van der Waals surface area (Å²) in [5.41, 5.74) is 0.534. The number of para-hydroxylation sites is 3. The first-order valence-corrected chi connectivity index (χ1v) is 9.37. The van der Waals surface area contributed by atoms with Crippen LogP contribution in [0.25, 0.3) is 0 Å². The highest BCUT2D eigenvalue weighted by molar-refractivity contribution is 5.93. The highest BCUT2D eigenvalue weighted by Gasteiger charge is 2.36. The monoisotopic (exact) mass is 398 g/mol. The number of benzene rings is 2. The van der Waals surface area contributed by atoms with E-state index in [2.05, 4.69) is 15.4 Å². The second-order valence-corrected chi connectivity index (χ2v) is 6.67. The maximum Gasteiger partial charge on any atom is 0.312 e. The molecule has 1 aliphatic rings. The quantitative estimate of drug-likeness (QED) is 0.585. The minimum Gasteiger partial charge on any atom is -0.469 e. The van der Waals surface area contributed by atoms with Gasteiger partial charge in [-0.3, -0.25) is 14.4 Å². The summed E-state index contributed by atoms with van der Waals surface area (Å²) in [6.07, 6.45) is -0.0708. The van der Waals surface area contributed by atoms with E-state index in [1.165, 1.54) is 7.11 Å². The molecule has 0 bridgehead atoms. The number of piperazine rings is 1. The second-order valence-electron chi connectivity index (χ2n) is 6.67. The molecule has 0 aliphatic carbocycles. The fourth-order valence-electron chi connectivity index (χ4n) is 3.20. The summed E-state index contributed by atoms with van der Waals surface area (Å²) in [6.45, 7) is 1.05. The lowest BCUT2D eigenvalue weighted by molar-refractivity contribution is -0.909. The normalized spacial score (nSPS) is 18.4. The number of amides is 2. The number of esters is 1. The summed E-state index contributed by atoms with van der Waals surface area (Å²) in [5, 5.41) is 5.58. The molecule has 2 atom stereocenters. The van der Waals surface area contributed by atoms with Gasteiger partial charge in [0.05, 0.1) is 25.9 Å². The van der Waals surface area contributed by atoms with Crippen LogP contribution in [0.1, 0.15) is 6.42 Å². The largest absolute Gasteiger partial charge is 0.469 e. The van der Waals surface area contributed by atoms with E-state index in [-0.39, 0.29) is 24.8 Å². The van der Waals surface area contributed by atoms with Gasteiger partial charge < -0.3 is 25.0 Å². The lowest BCUT2D eigenvalue weighted by Crippen LogP contribution is -3.20. The van der Waals surface area contributed by atoms with Crippen LogP contribution in [0.15, 0.2) is 54.6 Å². The average Bonchev–Trinajstić information content (AvgIpc) is 2.72. The molecule has 2 aromatic carbocycles. The molecule has 0 aromatic heterocycles. The maximum absolute atomic E-state index is 12.7. The molecule has 2 amide bonds. The van der Waals surface area contributed by atoms with E-state index in [1.807, 2.05) is 36.4 Å². The molecule has 3 N–H and O–H groups in total. The zero-order valence-electron chi connectivity index (χ0n) is 16.1. The third kappa shape index (κ3) is 5.55. The van der Waals surface area contributed by atoms with E-state index in [1.54, 1.807) is 18.2 Å². The highest BCUT2D eigenvalue weighted by Crippen LogP contribution is 2.28. The standard InChI is InChI=1S/C21H23N3O5/c1-28-20(26)13-17-21(27)22-11-12-24(17)14-19(25)23-16-9-5-6-10-18(16)29-15-7-3-2-4-8-15/h2-10,17H,11-14H2,1H3,(H,22,27)(H,23,25)/p+1/t17-/m1/s1. The van der Waals surface area contributed by atoms with Gasteiger partial charge in [0.15, 0.2) is 18.3 Å². The Bertz CT molecular complexity index is 872. The summed E-state index contributed by atoms with van der Waals surface area (Å²) in [5.74, 6) is 0.174. The lowest BCUT2D eigenvalue weighted by atomic mass is 10.1. The number of hydrogen-bond acceptors (Lipinski definition) is 5. The first kappa shape index (κ1) is 20.3. The van der Waals surface area contributed by atoms with E-state index >= 15 is 0 Å². The number of methoxy groups -OCH3 is 1. The van der Waals surface area contributed by atoms with Gasteiger partial charge >= 0.3 is 5.97 Å². The minimum atomic E-state index is -0.655. The third-order valence-electron chi connectivity index (χ3n) is 4.67. The van der Waals surface area contributed by atoms with Crippen molar-refractivity contribution in [2.24, 2.45) is 0 Å². The van der Waals surface area contributed by atoms with E-state index in [4.69, 9.17) is 4.74 Å². The molecule has 0 saturated carbocycles. The number of anilines is 1. The van der Waals surface area contributed by atoms with E-state index in [9.17, 15) is 14.4 Å². The first-order valence-electron chi connectivity index (χ1n) is 9.37. The van der Waals surface area contributed by atoms with Crippen molar-refractivity contribution in [2.45, 2.75) is 12.5 Å². The van der Waals surface area contributed by atoms with Gasteiger partial charge in [-0.2, -0.15) is 0 Å². The molecular weight excluding hydrogens is 374 g/mol. The molecule has 29 heavy (non-hydrogen) atoms. The number of hydrogen-bond donors (Lipinski definition) is 3. The van der Waals surface area contributed by atoms with E-state index in [0.717, 1.165) is 4.90 Å². The topological polar surface area (TPSA) is 98.2 Å². The number of rotatable bonds is 7. The van der Waals surface area contributed by atoms with Crippen molar-refractivity contribution in [3.63, 3.8) is 0 Å². The second kappa shape index (κ2) is 9.70. The highest BCUT2D eigenvalue weighted by atomic mass is 16.5. The summed E-state index contributed by atoms with van der Waals surface area (Å²) >= 11 is 0. The SMILES string of the molecule is COC(=O)C[C@@H]1C(=O)NCC[NH+]1CC(=O)Nc1ccccc1Oc1ccccc1. The third-order valence-corrected chi connectivity index (χ3v) is 4.67. The van der Waals surface area contributed by atoms with Gasteiger partial charge in [-0.05, 0) is 24.3 Å². The molecular formula is C21H24N3O5+. The van der Waals surface area contributed by atoms with Crippen LogP contribution in [0, 0.1) is 0 Å². The molecule has 2 aromatic rings. The molecule has 8 nitrogen and oxygen atoms in total. The Morgan fingerprint density at radius 1 is 1.14 bits per heavy atom. The fraction of sp³-hybridized carbons (Fsp3) is 0.286. The molecule has 1 heterocycles. The summed E-state index contributed by atoms with van der Waals surface area (Å²) < 4.78 is 10.5. The lowest BCUT2D eigenvalue weighted by Gasteiger charge is -2.30. The Labute approximate surface area is 168 Å². The Morgan fingerprint density at radius 3 is 2.62 bits per heavy atom. The van der Waals surface area contributed by atoms with Crippen molar-refractivity contribution in [3.8, 4) is 11.5 Å². The first-order chi connectivity index (χ1) is 14.1. The van der Waals surface area contributed by atoms with Crippen molar-refractivity contribution in [1.29, 1.82) is 0 Å². The Balaban J connectivity index is 1.67. The Morgan fingerprint density at radius 2 is 1.86 bits per heavy atom. The molecule has 1 unspecified atom stereocenters. The number of carbonyl (C=O) groups excluding carboxylic acids is 3. The van der Waals surface area contributed by atoms with Crippen LogP contribution in [0.3, 0.4) is 0 Å². The smallest absolute Gasteiger partial charge is 0.312 e. The van der Waals surface area contributed by atoms with Crippen LogP contribution in [0.4, 0.5) is 5.69 Å². The summed E-state index contributed by atoms with van der Waals surface area (Å²) in [6, 6.07) is 15.8. The molecule has 3 rings (SSSR count). The Hall–Kier alpha value is -3.39. The predicted octanol–water partition coefficient (Wildman–Crippen LogP) is 0.364. The van der Waals surface area contributed by atoms with Gasteiger partial charge in [0.2, 0.25) is 0 Å². The molecule has 8 heteroatoms. The number of carbonyl (C=O) groups is 3. The van der Waals surface area contributed by atoms with Crippen LogP contribution in [0.5, 0.6) is 11.5 Å². The van der Waals surface area contributed by atoms with E-state index in [0.29, 0.717) is 30.3 Å². The van der Waals surface area contributed by atoms with Crippen molar-refractivity contribution in [2.75, 3.05) is 32.1 Å². The number of ether oxygens (including phenoxy) is 2. The van der Waals surface area contributed by atoms with Crippen molar-refractivity contribution in [1.82, 2.24) is 5.32 Å². The van der Waals surface area contributed by atoms with Crippen LogP contribution in [-0.4, -0.2) is 50.6 Å². The zero-order valence-corrected chi connectivity index (χ0v) is 16.1. The van der Waals surface area contributed by atoms with Gasteiger partial charge in [-0.15, -0.1) is 0 Å².